The predicted molar refractivity (Wildman–Crippen MR) is 88.7 cm³/mol. The molecule has 1 heterocycles. The lowest BCUT2D eigenvalue weighted by Crippen LogP contribution is -2.62. The SMILES string of the molecule is CCO[C@@H]1C[C@H](NC(=O)CCn2nc(C)c([N+](=O)[O-])c2C)C1(C)C. The van der Waals surface area contributed by atoms with E-state index in [-0.39, 0.29) is 35.6 Å². The minimum absolute atomic E-state index is 0.0232. The molecule has 24 heavy (non-hydrogen) atoms. The monoisotopic (exact) mass is 338 g/mol. The van der Waals surface area contributed by atoms with Gasteiger partial charge in [0.2, 0.25) is 5.91 Å². The Hall–Kier alpha value is -1.96. The molecule has 1 aromatic heterocycles. The molecule has 0 spiro atoms. The number of aromatic nitrogens is 2. The van der Waals surface area contributed by atoms with Crippen molar-refractivity contribution in [1.82, 2.24) is 15.1 Å². The van der Waals surface area contributed by atoms with Crippen molar-refractivity contribution in [3.05, 3.63) is 21.5 Å². The molecule has 0 aliphatic heterocycles. The highest BCUT2D eigenvalue weighted by Gasteiger charge is 2.49. The van der Waals surface area contributed by atoms with E-state index in [9.17, 15) is 14.9 Å². The summed E-state index contributed by atoms with van der Waals surface area (Å²) in [7, 11) is 0. The summed E-state index contributed by atoms with van der Waals surface area (Å²) in [6, 6.07) is 0.0938. The van der Waals surface area contributed by atoms with Gasteiger partial charge in [0.1, 0.15) is 11.4 Å². The molecule has 1 aromatic rings. The molecule has 1 aliphatic rings. The number of nitrogens with zero attached hydrogens (tertiary/aromatic N) is 3. The maximum absolute atomic E-state index is 12.2. The Morgan fingerprint density at radius 1 is 1.50 bits per heavy atom. The van der Waals surface area contributed by atoms with E-state index in [0.717, 1.165) is 6.42 Å². The Labute approximate surface area is 141 Å². The van der Waals surface area contributed by atoms with Gasteiger partial charge in [0.15, 0.2) is 0 Å². The summed E-state index contributed by atoms with van der Waals surface area (Å²) in [6.07, 6.45) is 1.23. The summed E-state index contributed by atoms with van der Waals surface area (Å²) in [5.41, 5.74) is 0.793. The van der Waals surface area contributed by atoms with Crippen molar-refractivity contribution in [3.63, 3.8) is 0 Å². The van der Waals surface area contributed by atoms with E-state index in [0.29, 0.717) is 24.5 Å². The Morgan fingerprint density at radius 3 is 2.67 bits per heavy atom. The fourth-order valence-electron chi connectivity index (χ4n) is 3.26. The van der Waals surface area contributed by atoms with Crippen LogP contribution in [0.25, 0.3) is 0 Å². The third-order valence-corrected chi connectivity index (χ3v) is 4.96. The molecule has 8 heteroatoms. The van der Waals surface area contributed by atoms with Gasteiger partial charge >= 0.3 is 5.69 Å². The lowest BCUT2D eigenvalue weighted by atomic mass is 9.64. The van der Waals surface area contributed by atoms with Gasteiger partial charge in [-0.25, -0.2) is 0 Å². The van der Waals surface area contributed by atoms with Crippen molar-refractivity contribution < 1.29 is 14.5 Å². The van der Waals surface area contributed by atoms with E-state index in [2.05, 4.69) is 24.3 Å². The first-order chi connectivity index (χ1) is 11.2. The van der Waals surface area contributed by atoms with Crippen LogP contribution in [-0.4, -0.2) is 39.4 Å². The van der Waals surface area contributed by atoms with E-state index >= 15 is 0 Å². The van der Waals surface area contributed by atoms with Crippen LogP contribution in [-0.2, 0) is 16.1 Å². The van der Waals surface area contributed by atoms with Gasteiger partial charge < -0.3 is 10.1 Å². The number of hydrogen-bond donors (Lipinski definition) is 1. The number of ether oxygens (including phenoxy) is 1. The van der Waals surface area contributed by atoms with Crippen LogP contribution in [0, 0.1) is 29.4 Å². The third-order valence-electron chi connectivity index (χ3n) is 4.96. The van der Waals surface area contributed by atoms with Gasteiger partial charge in [0.25, 0.3) is 0 Å². The fraction of sp³-hybridized carbons (Fsp3) is 0.750. The van der Waals surface area contributed by atoms with Crippen LogP contribution in [0.15, 0.2) is 0 Å². The molecule has 1 amide bonds. The minimum Gasteiger partial charge on any atom is -0.378 e. The fourth-order valence-corrected chi connectivity index (χ4v) is 3.26. The molecule has 0 radical (unpaired) electrons. The second kappa shape index (κ2) is 6.88. The summed E-state index contributed by atoms with van der Waals surface area (Å²) >= 11 is 0. The number of nitrogens with one attached hydrogen (secondary N) is 1. The molecule has 1 N–H and O–H groups in total. The Bertz CT molecular complexity index is 638. The molecule has 0 aromatic carbocycles. The first kappa shape index (κ1) is 18.4. The number of aryl methyl sites for hydroxylation is 2. The summed E-state index contributed by atoms with van der Waals surface area (Å²) in [6.45, 7) is 10.4. The van der Waals surface area contributed by atoms with Crippen molar-refractivity contribution in [2.24, 2.45) is 5.41 Å². The molecule has 8 nitrogen and oxygen atoms in total. The van der Waals surface area contributed by atoms with Crippen LogP contribution < -0.4 is 5.32 Å². The van der Waals surface area contributed by atoms with Gasteiger partial charge in [-0.15, -0.1) is 0 Å². The first-order valence-electron chi connectivity index (χ1n) is 8.27. The molecule has 0 bridgehead atoms. The zero-order chi connectivity index (χ0) is 18.1. The molecule has 1 saturated carbocycles. The number of rotatable bonds is 7. The number of nitro groups is 1. The van der Waals surface area contributed by atoms with Crippen LogP contribution in [0.1, 0.15) is 45.0 Å². The highest BCUT2D eigenvalue weighted by molar-refractivity contribution is 5.76. The molecule has 2 rings (SSSR count). The van der Waals surface area contributed by atoms with Crippen molar-refractivity contribution in [1.29, 1.82) is 0 Å². The van der Waals surface area contributed by atoms with Gasteiger partial charge in [-0.05, 0) is 27.2 Å². The minimum atomic E-state index is -0.432. The highest BCUT2D eigenvalue weighted by Crippen LogP contribution is 2.42. The lowest BCUT2D eigenvalue weighted by Gasteiger charge is -2.51. The second-order valence-electron chi connectivity index (χ2n) is 6.87. The van der Waals surface area contributed by atoms with Gasteiger partial charge in [-0.1, -0.05) is 13.8 Å². The standard InChI is InChI=1S/C16H26N4O4/c1-6-24-13-9-12(16(13,4)5)17-14(21)7-8-19-11(3)15(20(22)23)10(2)18-19/h12-13H,6-9H2,1-5H3,(H,17,21)/t12-,13+/m0/s1. The van der Waals surface area contributed by atoms with Gasteiger partial charge in [-0.2, -0.15) is 5.10 Å². The molecule has 134 valence electrons. The highest BCUT2D eigenvalue weighted by atomic mass is 16.6. The molecule has 1 fully saturated rings. The molecule has 2 atom stereocenters. The van der Waals surface area contributed by atoms with Crippen LogP contribution >= 0.6 is 0 Å². The quantitative estimate of drug-likeness (QED) is 0.606. The van der Waals surface area contributed by atoms with E-state index < -0.39 is 4.92 Å². The number of amides is 1. The van der Waals surface area contributed by atoms with Crippen LogP contribution in [0.3, 0.4) is 0 Å². The first-order valence-corrected chi connectivity index (χ1v) is 8.27. The van der Waals surface area contributed by atoms with E-state index in [1.165, 1.54) is 4.68 Å². The molecular weight excluding hydrogens is 312 g/mol. The second-order valence-corrected chi connectivity index (χ2v) is 6.87. The normalized spacial score (nSPS) is 22.0. The zero-order valence-electron chi connectivity index (χ0n) is 15.0. The Balaban J connectivity index is 1.89. The van der Waals surface area contributed by atoms with Gasteiger partial charge in [0.05, 0.1) is 17.6 Å². The predicted octanol–water partition coefficient (Wildman–Crippen LogP) is 2.12. The molecule has 0 saturated heterocycles. The molecule has 1 aliphatic carbocycles. The summed E-state index contributed by atoms with van der Waals surface area (Å²) in [5.74, 6) is -0.0711. The number of carbonyl (C=O) groups is 1. The van der Waals surface area contributed by atoms with Crippen LogP contribution in [0.2, 0.25) is 0 Å². The van der Waals surface area contributed by atoms with Crippen molar-refractivity contribution in [2.45, 2.75) is 66.2 Å². The van der Waals surface area contributed by atoms with E-state index in [1.807, 2.05) is 6.92 Å². The molecular formula is C16H26N4O4. The third kappa shape index (κ3) is 3.43. The van der Waals surface area contributed by atoms with Crippen LogP contribution in [0.5, 0.6) is 0 Å². The Morgan fingerprint density at radius 2 is 2.17 bits per heavy atom. The molecule has 0 unspecified atom stereocenters. The lowest BCUT2D eigenvalue weighted by molar-refractivity contribution is -0.386. The van der Waals surface area contributed by atoms with Crippen LogP contribution in [0.4, 0.5) is 5.69 Å². The van der Waals surface area contributed by atoms with Crippen molar-refractivity contribution in [3.8, 4) is 0 Å². The average Bonchev–Trinajstić information content (AvgIpc) is 2.78. The average molecular weight is 338 g/mol. The van der Waals surface area contributed by atoms with E-state index in [4.69, 9.17) is 4.74 Å². The number of hydrogen-bond acceptors (Lipinski definition) is 5. The summed E-state index contributed by atoms with van der Waals surface area (Å²) in [5, 5.41) is 18.2. The summed E-state index contributed by atoms with van der Waals surface area (Å²) in [4.78, 5) is 22.8. The van der Waals surface area contributed by atoms with Gasteiger partial charge in [0, 0.05) is 24.5 Å². The summed E-state index contributed by atoms with van der Waals surface area (Å²) < 4.78 is 7.19. The maximum Gasteiger partial charge on any atom is 0.312 e. The van der Waals surface area contributed by atoms with Gasteiger partial charge in [-0.3, -0.25) is 19.6 Å². The number of carbonyl (C=O) groups excluding carboxylic acids is 1. The largest absolute Gasteiger partial charge is 0.378 e. The van der Waals surface area contributed by atoms with Crippen molar-refractivity contribution in [2.75, 3.05) is 6.61 Å². The topological polar surface area (TPSA) is 99.3 Å². The Kier molecular flexibility index (Phi) is 5.27. The zero-order valence-corrected chi connectivity index (χ0v) is 15.0. The smallest absolute Gasteiger partial charge is 0.312 e. The van der Waals surface area contributed by atoms with Crippen molar-refractivity contribution >= 4 is 11.6 Å². The van der Waals surface area contributed by atoms with E-state index in [1.54, 1.807) is 13.8 Å². The maximum atomic E-state index is 12.2.